The topological polar surface area (TPSA) is 28.3 Å². The molecule has 8 heteroatoms. The SMILES string of the molecule is BrCI.C.CC.CC.CC.CC.CCn1c2ccccc2c2c(C)c(B3OC(C)(C)C(C)(C)O3)c3c(c21)Cc1ccccc1C3.CCn1c2ccccc2c2c(C)c(CBr)c3c(c21)Cc1ccccc1C3. The van der Waals surface area contributed by atoms with E-state index in [0.29, 0.717) is 0 Å². The van der Waals surface area contributed by atoms with E-state index in [0.717, 1.165) is 47.4 Å². The van der Waals surface area contributed by atoms with Crippen LogP contribution in [0.2, 0.25) is 0 Å². The molecular formula is C63H84BBr2IN2O2. The van der Waals surface area contributed by atoms with E-state index in [4.69, 9.17) is 9.31 Å². The summed E-state index contributed by atoms with van der Waals surface area (Å²) in [6, 6.07) is 35.6. The van der Waals surface area contributed by atoms with E-state index < -0.39 is 0 Å². The summed E-state index contributed by atoms with van der Waals surface area (Å²) in [4.78, 5) is 0. The smallest absolute Gasteiger partial charge is 0.399 e. The molecular weight excluding hydrogens is 1110 g/mol. The molecule has 0 bridgehead atoms. The van der Waals surface area contributed by atoms with Crippen LogP contribution in [0.25, 0.3) is 43.6 Å². The molecule has 0 radical (unpaired) electrons. The molecule has 0 atom stereocenters. The van der Waals surface area contributed by atoms with Gasteiger partial charge in [0.05, 0.1) is 25.6 Å². The third kappa shape index (κ3) is 11.2. The first-order chi connectivity index (χ1) is 33.9. The Bertz CT molecular complexity index is 3020. The van der Waals surface area contributed by atoms with Crippen molar-refractivity contribution >= 4 is 111 Å². The zero-order valence-corrected chi connectivity index (χ0v) is 50.6. The van der Waals surface area contributed by atoms with Crippen LogP contribution in [-0.2, 0) is 53.4 Å². The summed E-state index contributed by atoms with van der Waals surface area (Å²) in [5.41, 5.74) is 22.0. The molecule has 1 aliphatic heterocycles. The molecule has 0 spiro atoms. The third-order valence-corrected chi connectivity index (χ3v) is 15.1. The zero-order chi connectivity index (χ0) is 51.7. The fourth-order valence-electron chi connectivity index (χ4n) is 10.8. The highest BCUT2D eigenvalue weighted by molar-refractivity contribution is 14.1. The molecule has 4 nitrogen and oxygen atoms in total. The summed E-state index contributed by atoms with van der Waals surface area (Å²) in [6.07, 6.45) is 3.96. The van der Waals surface area contributed by atoms with E-state index in [-0.39, 0.29) is 25.7 Å². The molecule has 382 valence electrons. The second-order valence-electron chi connectivity index (χ2n) is 18.1. The molecule has 8 aromatic rings. The first-order valence-electron chi connectivity index (χ1n) is 26.2. The van der Waals surface area contributed by atoms with Crippen LogP contribution in [0.5, 0.6) is 0 Å². The molecule has 11 rings (SSSR count). The van der Waals surface area contributed by atoms with Gasteiger partial charge in [-0.25, -0.2) is 0 Å². The van der Waals surface area contributed by atoms with Crippen molar-refractivity contribution in [3.8, 4) is 0 Å². The molecule has 1 saturated heterocycles. The van der Waals surface area contributed by atoms with Crippen molar-refractivity contribution in [3.05, 3.63) is 158 Å². The summed E-state index contributed by atoms with van der Waals surface area (Å²) in [5, 5.41) is 6.45. The second kappa shape index (κ2) is 26.7. The minimum atomic E-state index is -0.365. The van der Waals surface area contributed by atoms with Crippen molar-refractivity contribution in [3.63, 3.8) is 0 Å². The Morgan fingerprint density at radius 2 is 0.845 bits per heavy atom. The third-order valence-electron chi connectivity index (χ3n) is 14.5. The van der Waals surface area contributed by atoms with Gasteiger partial charge >= 0.3 is 7.12 Å². The lowest BCUT2D eigenvalue weighted by atomic mass is 9.67. The first kappa shape index (κ1) is 60.2. The van der Waals surface area contributed by atoms with Crippen molar-refractivity contribution in [1.29, 1.82) is 0 Å². The highest BCUT2D eigenvalue weighted by Gasteiger charge is 2.53. The molecule has 1 fully saturated rings. The maximum Gasteiger partial charge on any atom is 0.495 e. The molecule has 71 heavy (non-hydrogen) atoms. The Kier molecular flexibility index (Phi) is 22.6. The van der Waals surface area contributed by atoms with Crippen LogP contribution < -0.4 is 5.46 Å². The van der Waals surface area contributed by atoms with Crippen molar-refractivity contribution in [2.24, 2.45) is 0 Å². The summed E-state index contributed by atoms with van der Waals surface area (Å²) in [7, 11) is -0.359. The van der Waals surface area contributed by atoms with Gasteiger partial charge in [0.15, 0.2) is 0 Å². The van der Waals surface area contributed by atoms with E-state index in [9.17, 15) is 0 Å². The van der Waals surface area contributed by atoms with Crippen molar-refractivity contribution < 1.29 is 9.31 Å². The Morgan fingerprint density at radius 3 is 1.23 bits per heavy atom. The van der Waals surface area contributed by atoms with E-state index in [1.807, 2.05) is 55.4 Å². The number of nitrogens with zero attached hydrogens (tertiary/aromatic N) is 2. The molecule has 0 saturated carbocycles. The van der Waals surface area contributed by atoms with Gasteiger partial charge in [-0.2, -0.15) is 0 Å². The number of aryl methyl sites for hydroxylation is 4. The van der Waals surface area contributed by atoms with Crippen LogP contribution in [0.3, 0.4) is 0 Å². The number of benzene rings is 6. The standard InChI is InChI=1S/C29H32BNO2.C24H22BrN.4C2H6.CH2BrI.CH4/c1-7-31-24-15-11-10-14-21(24)25-18(2)26(30-32-28(3,4)29(5,6)33-30)22-16-19-12-8-9-13-20(19)17-23(22)27(25)31;1-3-26-22-11-7-6-10-18(22)23-15(2)21(14-25)19-12-16-8-4-5-9-17(16)13-20(19)24(23)26;4*1-2;2-1-3;/h8-15H,7,16-17H2,1-6H3;4-11H,3,12-14H2,1-2H3;4*1-2H3;1H2;1H4. The number of rotatable bonds is 4. The number of aromatic nitrogens is 2. The molecule has 0 unspecified atom stereocenters. The zero-order valence-electron chi connectivity index (χ0n) is 45.3. The number of hydrogen-bond donors (Lipinski definition) is 0. The molecule has 3 heterocycles. The van der Waals surface area contributed by atoms with Gasteiger partial charge in [-0.1, -0.05) is 202 Å². The van der Waals surface area contributed by atoms with Crippen molar-refractivity contribution in [2.45, 2.75) is 174 Å². The van der Waals surface area contributed by atoms with Crippen LogP contribution in [0.4, 0.5) is 0 Å². The second-order valence-corrected chi connectivity index (χ2v) is 22.1. The van der Waals surface area contributed by atoms with E-state index in [1.54, 1.807) is 5.56 Å². The fraction of sp³-hybridized carbons (Fsp3) is 0.429. The molecule has 6 aromatic carbocycles. The predicted octanol–water partition coefficient (Wildman–Crippen LogP) is 18.9. The highest BCUT2D eigenvalue weighted by Crippen LogP contribution is 2.44. The van der Waals surface area contributed by atoms with Crippen molar-refractivity contribution in [1.82, 2.24) is 9.13 Å². The molecule has 0 amide bonds. The monoisotopic (exact) mass is 1200 g/mol. The normalized spacial score (nSPS) is 14.1. The fourth-order valence-corrected chi connectivity index (χ4v) is 11.6. The molecule has 2 aromatic heterocycles. The number of fused-ring (bicyclic) bond motifs is 12. The van der Waals surface area contributed by atoms with Crippen LogP contribution in [-0.4, -0.2) is 30.8 Å². The molecule has 0 N–H and O–H groups in total. The van der Waals surface area contributed by atoms with Gasteiger partial charge < -0.3 is 18.4 Å². The summed E-state index contributed by atoms with van der Waals surface area (Å²) < 4.78 is 19.4. The van der Waals surface area contributed by atoms with Crippen molar-refractivity contribution in [2.75, 3.05) is 3.34 Å². The van der Waals surface area contributed by atoms with Crippen LogP contribution >= 0.6 is 54.5 Å². The van der Waals surface area contributed by atoms with Gasteiger partial charge in [0.25, 0.3) is 0 Å². The minimum absolute atomic E-state index is 0. The van der Waals surface area contributed by atoms with Crippen LogP contribution in [0.15, 0.2) is 97.1 Å². The number of halogens is 3. The van der Waals surface area contributed by atoms with E-state index >= 15 is 0 Å². The van der Waals surface area contributed by atoms with Gasteiger partial charge in [0.1, 0.15) is 0 Å². The maximum atomic E-state index is 6.65. The largest absolute Gasteiger partial charge is 0.495 e. The lowest BCUT2D eigenvalue weighted by Gasteiger charge is -2.32. The summed E-state index contributed by atoms with van der Waals surface area (Å²) in [6.45, 7) is 35.6. The van der Waals surface area contributed by atoms with Crippen LogP contribution in [0.1, 0.15) is 166 Å². The quantitative estimate of drug-likeness (QED) is 0.0998. The van der Waals surface area contributed by atoms with Gasteiger partial charge in [0, 0.05) is 63.8 Å². The van der Waals surface area contributed by atoms with E-state index in [1.165, 1.54) is 105 Å². The van der Waals surface area contributed by atoms with Gasteiger partial charge in [-0.05, 0) is 147 Å². The summed E-state index contributed by atoms with van der Waals surface area (Å²) >= 11 is 9.13. The lowest BCUT2D eigenvalue weighted by molar-refractivity contribution is 0.00578. The Morgan fingerprint density at radius 1 is 0.521 bits per heavy atom. The average molecular weight is 1200 g/mol. The van der Waals surface area contributed by atoms with Crippen LogP contribution in [0, 0.1) is 13.8 Å². The lowest BCUT2D eigenvalue weighted by Crippen LogP contribution is -2.41. The van der Waals surface area contributed by atoms with Gasteiger partial charge in [-0.3, -0.25) is 0 Å². The number of para-hydroxylation sites is 2. The van der Waals surface area contributed by atoms with E-state index in [2.05, 4.69) is 216 Å². The first-order valence-corrected chi connectivity index (χ1v) is 29.9. The van der Waals surface area contributed by atoms with Gasteiger partial charge in [-0.15, -0.1) is 0 Å². The number of hydrogen-bond acceptors (Lipinski definition) is 2. The average Bonchev–Trinajstić information content (AvgIpc) is 3.99. The minimum Gasteiger partial charge on any atom is -0.399 e. The highest BCUT2D eigenvalue weighted by atomic mass is 127. The van der Waals surface area contributed by atoms with Gasteiger partial charge in [0.2, 0.25) is 0 Å². The maximum absolute atomic E-state index is 6.65. The molecule has 3 aliphatic rings. The Labute approximate surface area is 460 Å². The predicted molar refractivity (Wildman–Crippen MR) is 332 cm³/mol. The Balaban J connectivity index is 0.000000260. The number of alkyl halides is 3. The summed E-state index contributed by atoms with van der Waals surface area (Å²) in [5.74, 6) is 0. The Hall–Kier alpha value is -3.41. The molecule has 2 aliphatic carbocycles.